The van der Waals surface area contributed by atoms with Crippen molar-refractivity contribution in [3.05, 3.63) is 82.0 Å². The normalized spacial score (nSPS) is 14.8. The van der Waals surface area contributed by atoms with Gasteiger partial charge in [0.1, 0.15) is 6.61 Å². The van der Waals surface area contributed by atoms with Crippen LogP contribution in [0.15, 0.2) is 66.0 Å². The lowest BCUT2D eigenvalue weighted by molar-refractivity contribution is -0.142. The van der Waals surface area contributed by atoms with E-state index in [0.29, 0.717) is 43.5 Å². The maximum atomic E-state index is 13.7. The lowest BCUT2D eigenvalue weighted by atomic mass is 10.00. The fraction of sp³-hybridized carbons (Fsp3) is 0.400. The molecule has 37 heavy (non-hydrogen) atoms. The molecule has 1 aliphatic heterocycles. The highest BCUT2D eigenvalue weighted by Crippen LogP contribution is 2.35. The quantitative estimate of drug-likeness (QED) is 0.341. The summed E-state index contributed by atoms with van der Waals surface area (Å²) in [5, 5.41) is 2.08. The first-order valence-electron chi connectivity index (χ1n) is 12.9. The van der Waals surface area contributed by atoms with Crippen molar-refractivity contribution in [3.63, 3.8) is 0 Å². The number of nitrogens with zero attached hydrogens (tertiary/aromatic N) is 2. The first-order valence-corrected chi connectivity index (χ1v) is 13.8. The summed E-state index contributed by atoms with van der Waals surface area (Å²) in [6, 6.07) is 19.1. The molecule has 0 saturated carbocycles. The molecular weight excluding hydrogens is 484 g/mol. The highest BCUT2D eigenvalue weighted by atomic mass is 32.1. The van der Waals surface area contributed by atoms with Crippen molar-refractivity contribution in [2.75, 3.05) is 33.4 Å². The second kappa shape index (κ2) is 12.8. The van der Waals surface area contributed by atoms with Gasteiger partial charge in [0.15, 0.2) is 11.5 Å². The molecule has 2 heterocycles. The molecule has 3 aromatic rings. The lowest BCUT2D eigenvalue weighted by Gasteiger charge is -2.37. The molecule has 2 aromatic carbocycles. The predicted molar refractivity (Wildman–Crippen MR) is 147 cm³/mol. The first kappa shape index (κ1) is 26.7. The fourth-order valence-electron chi connectivity index (χ4n) is 4.62. The van der Waals surface area contributed by atoms with Gasteiger partial charge >= 0.3 is 0 Å². The number of carbonyl (C=O) groups excluding carboxylic acids is 2. The third kappa shape index (κ3) is 6.92. The average Bonchev–Trinajstić information content (AvgIpc) is 3.39. The van der Waals surface area contributed by atoms with Crippen LogP contribution in [0.3, 0.4) is 0 Å². The van der Waals surface area contributed by atoms with Gasteiger partial charge in [-0.25, -0.2) is 0 Å². The summed E-state index contributed by atoms with van der Waals surface area (Å²) in [6.45, 7) is 5.83. The molecule has 0 radical (unpaired) electrons. The number of hydrogen-bond acceptors (Lipinski definition) is 5. The van der Waals surface area contributed by atoms with E-state index in [4.69, 9.17) is 9.47 Å². The van der Waals surface area contributed by atoms with Crippen LogP contribution in [0.1, 0.15) is 42.3 Å². The molecule has 4 rings (SSSR count). The van der Waals surface area contributed by atoms with Crippen LogP contribution in [0.2, 0.25) is 0 Å². The first-order chi connectivity index (χ1) is 18.0. The number of thiophene rings is 1. The summed E-state index contributed by atoms with van der Waals surface area (Å²) in [6.07, 6.45) is 1.96. The Labute approximate surface area is 223 Å². The maximum Gasteiger partial charge on any atom is 0.242 e. The molecule has 2 amide bonds. The van der Waals surface area contributed by atoms with Gasteiger partial charge < -0.3 is 19.3 Å². The van der Waals surface area contributed by atoms with Crippen LogP contribution >= 0.6 is 11.3 Å². The molecule has 1 aromatic heterocycles. The van der Waals surface area contributed by atoms with E-state index in [2.05, 4.69) is 25.3 Å². The summed E-state index contributed by atoms with van der Waals surface area (Å²) < 4.78 is 11.6. The van der Waals surface area contributed by atoms with Gasteiger partial charge in [-0.15, -0.1) is 11.3 Å². The van der Waals surface area contributed by atoms with Gasteiger partial charge in [0.05, 0.1) is 26.1 Å². The Kier molecular flexibility index (Phi) is 9.23. The molecule has 7 heteroatoms. The van der Waals surface area contributed by atoms with Gasteiger partial charge in [0.2, 0.25) is 11.8 Å². The summed E-state index contributed by atoms with van der Waals surface area (Å²) in [4.78, 5) is 31.9. The highest BCUT2D eigenvalue weighted by molar-refractivity contribution is 7.10. The van der Waals surface area contributed by atoms with Crippen LogP contribution in [0.25, 0.3) is 0 Å². The number of rotatable bonds is 11. The number of fused-ring (bicyclic) bond motifs is 1. The van der Waals surface area contributed by atoms with Gasteiger partial charge in [-0.1, -0.05) is 56.3 Å². The summed E-state index contributed by atoms with van der Waals surface area (Å²) in [5.41, 5.74) is 2.09. The fourth-order valence-corrected chi connectivity index (χ4v) is 5.55. The van der Waals surface area contributed by atoms with E-state index >= 15 is 0 Å². The summed E-state index contributed by atoms with van der Waals surface area (Å²) in [7, 11) is 1.62. The van der Waals surface area contributed by atoms with Crippen molar-refractivity contribution < 1.29 is 19.1 Å². The van der Waals surface area contributed by atoms with E-state index < -0.39 is 0 Å². The van der Waals surface area contributed by atoms with E-state index in [9.17, 15) is 9.59 Å². The molecule has 0 bridgehead atoms. The highest BCUT2D eigenvalue weighted by Gasteiger charge is 2.33. The number of ether oxygens (including phenoxy) is 2. The zero-order chi connectivity index (χ0) is 26.2. The second-order valence-electron chi connectivity index (χ2n) is 9.77. The monoisotopic (exact) mass is 520 g/mol. The van der Waals surface area contributed by atoms with Gasteiger partial charge in [0.25, 0.3) is 0 Å². The smallest absolute Gasteiger partial charge is 0.242 e. The van der Waals surface area contributed by atoms with Gasteiger partial charge in [-0.3, -0.25) is 9.59 Å². The Morgan fingerprint density at radius 2 is 1.78 bits per heavy atom. The Hall–Kier alpha value is -3.32. The largest absolute Gasteiger partial charge is 0.493 e. The minimum absolute atomic E-state index is 0.0183. The average molecular weight is 521 g/mol. The van der Waals surface area contributed by atoms with E-state index in [1.165, 1.54) is 4.88 Å². The van der Waals surface area contributed by atoms with Gasteiger partial charge in [0, 0.05) is 18.0 Å². The van der Waals surface area contributed by atoms with E-state index in [1.807, 2.05) is 59.5 Å². The van der Waals surface area contributed by atoms with E-state index in [-0.39, 0.29) is 24.4 Å². The third-order valence-corrected chi connectivity index (χ3v) is 7.73. The summed E-state index contributed by atoms with van der Waals surface area (Å²) in [5.74, 6) is 1.68. The number of amides is 2. The van der Waals surface area contributed by atoms with Crippen LogP contribution in [-0.4, -0.2) is 55.0 Å². The minimum atomic E-state index is -0.219. The van der Waals surface area contributed by atoms with Crippen LogP contribution in [0.4, 0.5) is 0 Å². The number of para-hydroxylation sites is 2. The van der Waals surface area contributed by atoms with Gasteiger partial charge in [-0.2, -0.15) is 0 Å². The number of hydrogen-bond donors (Lipinski definition) is 0. The number of carbonyl (C=O) groups is 2. The number of methoxy groups -OCH3 is 1. The SMILES string of the molecule is COc1ccccc1OCC1c2ccsc2CCN1C(=O)CN(CCC(C)C)C(=O)Cc1ccccc1. The Morgan fingerprint density at radius 3 is 2.51 bits per heavy atom. The van der Waals surface area contributed by atoms with Crippen molar-refractivity contribution >= 4 is 23.2 Å². The minimum Gasteiger partial charge on any atom is -0.493 e. The molecule has 0 aliphatic carbocycles. The van der Waals surface area contributed by atoms with E-state index in [0.717, 1.165) is 24.0 Å². The second-order valence-corrected chi connectivity index (χ2v) is 10.8. The maximum absolute atomic E-state index is 13.7. The molecule has 1 unspecified atom stereocenters. The Morgan fingerprint density at radius 1 is 1.05 bits per heavy atom. The lowest BCUT2D eigenvalue weighted by Crippen LogP contribution is -2.48. The molecule has 0 spiro atoms. The molecular formula is C30H36N2O4S. The van der Waals surface area contributed by atoms with Crippen molar-refractivity contribution in [3.8, 4) is 11.5 Å². The molecule has 196 valence electrons. The molecule has 6 nitrogen and oxygen atoms in total. The molecule has 1 aliphatic rings. The van der Waals surface area contributed by atoms with Crippen LogP contribution < -0.4 is 9.47 Å². The van der Waals surface area contributed by atoms with E-state index in [1.54, 1.807) is 23.3 Å². The standard InChI is InChI=1S/C30H36N2O4S/c1-22(2)13-16-31(29(33)19-23-9-5-4-6-10-23)20-30(34)32-17-14-28-24(15-18-37-28)25(32)21-36-27-12-8-7-11-26(27)35-3/h4-12,15,18,22,25H,13-14,16-17,19-21H2,1-3H3. The number of benzene rings is 2. The van der Waals surface area contributed by atoms with Crippen LogP contribution in [-0.2, 0) is 22.4 Å². The zero-order valence-electron chi connectivity index (χ0n) is 21.9. The van der Waals surface area contributed by atoms with Gasteiger partial charge in [-0.05, 0) is 53.5 Å². The zero-order valence-corrected chi connectivity index (χ0v) is 22.7. The van der Waals surface area contributed by atoms with Crippen molar-refractivity contribution in [2.24, 2.45) is 5.92 Å². The topological polar surface area (TPSA) is 59.1 Å². The Bertz CT molecular complexity index is 1180. The van der Waals surface area contributed by atoms with Crippen LogP contribution in [0, 0.1) is 5.92 Å². The summed E-state index contributed by atoms with van der Waals surface area (Å²) >= 11 is 1.72. The third-order valence-electron chi connectivity index (χ3n) is 6.73. The Balaban J connectivity index is 1.50. The molecule has 0 fully saturated rings. The molecule has 1 atom stereocenters. The van der Waals surface area contributed by atoms with Crippen molar-refractivity contribution in [1.29, 1.82) is 0 Å². The van der Waals surface area contributed by atoms with Crippen LogP contribution in [0.5, 0.6) is 11.5 Å². The predicted octanol–water partition coefficient (Wildman–Crippen LogP) is 5.38. The molecule has 0 N–H and O–H groups in total. The van der Waals surface area contributed by atoms with Crippen molar-refractivity contribution in [2.45, 2.75) is 39.2 Å². The molecule has 0 saturated heterocycles. The van der Waals surface area contributed by atoms with Crippen molar-refractivity contribution in [1.82, 2.24) is 9.80 Å².